The Morgan fingerprint density at radius 2 is 1.97 bits per heavy atom. The Labute approximate surface area is 170 Å². The molecule has 1 aliphatic rings. The summed E-state index contributed by atoms with van der Waals surface area (Å²) in [6.07, 6.45) is 0.0499. The number of anilines is 1. The lowest BCUT2D eigenvalue weighted by Gasteiger charge is -2.34. The molecular formula is C22H26N2O5. The minimum atomic E-state index is -0.773. The van der Waals surface area contributed by atoms with Crippen molar-refractivity contribution in [3.8, 4) is 17.2 Å². The molecule has 1 heterocycles. The molecule has 0 spiro atoms. The Bertz CT molecular complexity index is 883. The van der Waals surface area contributed by atoms with Crippen LogP contribution in [0.1, 0.15) is 30.6 Å². The van der Waals surface area contributed by atoms with Crippen LogP contribution in [0.3, 0.4) is 0 Å². The summed E-state index contributed by atoms with van der Waals surface area (Å²) in [6.45, 7) is 5.04. The number of nitrogens with zero attached hydrogens (tertiary/aromatic N) is 1. The Morgan fingerprint density at radius 3 is 2.69 bits per heavy atom. The van der Waals surface area contributed by atoms with Crippen molar-refractivity contribution in [1.82, 2.24) is 5.32 Å². The largest absolute Gasteiger partial charge is 0.493 e. The van der Waals surface area contributed by atoms with E-state index in [9.17, 15) is 9.59 Å². The summed E-state index contributed by atoms with van der Waals surface area (Å²) in [4.78, 5) is 27.4. The summed E-state index contributed by atoms with van der Waals surface area (Å²) in [5, 5.41) is 2.83. The van der Waals surface area contributed by atoms with E-state index in [0.717, 1.165) is 6.42 Å². The van der Waals surface area contributed by atoms with Gasteiger partial charge in [-0.3, -0.25) is 9.59 Å². The maximum Gasteiger partial charge on any atom is 0.262 e. The van der Waals surface area contributed by atoms with Crippen molar-refractivity contribution in [2.45, 2.75) is 26.4 Å². The Balaban J connectivity index is 1.91. The van der Waals surface area contributed by atoms with E-state index < -0.39 is 6.10 Å². The smallest absolute Gasteiger partial charge is 0.262 e. The summed E-state index contributed by atoms with van der Waals surface area (Å²) >= 11 is 0. The van der Waals surface area contributed by atoms with Gasteiger partial charge >= 0.3 is 0 Å². The first kappa shape index (κ1) is 20.5. The minimum absolute atomic E-state index is 0.126. The average Bonchev–Trinajstić information content (AvgIpc) is 2.76. The number of hydrogen-bond acceptors (Lipinski definition) is 5. The number of benzene rings is 2. The van der Waals surface area contributed by atoms with Gasteiger partial charge in [0.15, 0.2) is 17.6 Å². The number of para-hydroxylation sites is 2. The maximum absolute atomic E-state index is 13.3. The summed E-state index contributed by atoms with van der Waals surface area (Å²) in [5.74, 6) is 1.09. The third kappa shape index (κ3) is 4.45. The van der Waals surface area contributed by atoms with Crippen LogP contribution in [0.15, 0.2) is 42.5 Å². The summed E-state index contributed by atoms with van der Waals surface area (Å²) in [7, 11) is 1.53. The van der Waals surface area contributed by atoms with Gasteiger partial charge in [0.25, 0.3) is 11.8 Å². The molecule has 0 unspecified atom stereocenters. The molecule has 0 radical (unpaired) electrons. The molecule has 1 aliphatic heterocycles. The van der Waals surface area contributed by atoms with Gasteiger partial charge in [0.1, 0.15) is 5.75 Å². The van der Waals surface area contributed by atoms with Gasteiger partial charge in [-0.15, -0.1) is 0 Å². The van der Waals surface area contributed by atoms with Crippen molar-refractivity contribution in [2.75, 3.05) is 31.7 Å². The monoisotopic (exact) mass is 398 g/mol. The highest BCUT2D eigenvalue weighted by atomic mass is 16.5. The molecule has 0 aromatic heterocycles. The highest BCUT2D eigenvalue weighted by molar-refractivity contribution is 6.08. The highest BCUT2D eigenvalue weighted by Gasteiger charge is 2.34. The Morgan fingerprint density at radius 1 is 1.17 bits per heavy atom. The molecule has 0 aliphatic carbocycles. The fraction of sp³-hybridized carbons (Fsp3) is 0.364. The first-order chi connectivity index (χ1) is 14.1. The van der Waals surface area contributed by atoms with Gasteiger partial charge in [-0.2, -0.15) is 0 Å². The number of rotatable bonds is 7. The molecule has 0 fully saturated rings. The Hall–Kier alpha value is -3.22. The second-order valence-electron chi connectivity index (χ2n) is 6.58. The van der Waals surface area contributed by atoms with Crippen LogP contribution in [0.4, 0.5) is 5.69 Å². The summed E-state index contributed by atoms with van der Waals surface area (Å²) in [6, 6.07) is 12.3. The van der Waals surface area contributed by atoms with Crippen LogP contribution < -0.4 is 24.4 Å². The number of hydrogen-bond donors (Lipinski definition) is 1. The van der Waals surface area contributed by atoms with Crippen molar-refractivity contribution >= 4 is 17.5 Å². The van der Waals surface area contributed by atoms with Crippen LogP contribution in [0, 0.1) is 0 Å². The highest BCUT2D eigenvalue weighted by Crippen LogP contribution is 2.35. The third-order valence-corrected chi connectivity index (χ3v) is 4.57. The molecule has 29 heavy (non-hydrogen) atoms. The Kier molecular flexibility index (Phi) is 6.59. The van der Waals surface area contributed by atoms with Gasteiger partial charge in [-0.25, -0.2) is 0 Å². The van der Waals surface area contributed by atoms with Gasteiger partial charge in [0.05, 0.1) is 25.9 Å². The van der Waals surface area contributed by atoms with E-state index >= 15 is 0 Å². The van der Waals surface area contributed by atoms with Crippen LogP contribution >= 0.6 is 0 Å². The zero-order valence-electron chi connectivity index (χ0n) is 16.9. The second-order valence-corrected chi connectivity index (χ2v) is 6.58. The number of ether oxygens (including phenoxy) is 3. The van der Waals surface area contributed by atoms with Gasteiger partial charge in [-0.05, 0) is 43.7 Å². The number of carbonyl (C=O) groups is 2. The lowest BCUT2D eigenvalue weighted by molar-refractivity contribution is -0.127. The van der Waals surface area contributed by atoms with Crippen LogP contribution in [0.5, 0.6) is 17.2 Å². The van der Waals surface area contributed by atoms with Crippen LogP contribution in [-0.4, -0.2) is 44.7 Å². The van der Waals surface area contributed by atoms with Crippen molar-refractivity contribution < 1.29 is 23.8 Å². The van der Waals surface area contributed by atoms with Gasteiger partial charge in [0.2, 0.25) is 0 Å². The van der Waals surface area contributed by atoms with E-state index in [1.165, 1.54) is 7.11 Å². The van der Waals surface area contributed by atoms with Gasteiger partial charge in [-0.1, -0.05) is 19.1 Å². The maximum atomic E-state index is 13.3. The molecule has 1 atom stereocenters. The molecule has 0 saturated heterocycles. The zero-order chi connectivity index (χ0) is 20.8. The summed E-state index contributed by atoms with van der Waals surface area (Å²) < 4.78 is 16.7. The number of carbonyl (C=O) groups excluding carboxylic acids is 2. The molecule has 3 rings (SSSR count). The third-order valence-electron chi connectivity index (χ3n) is 4.57. The molecule has 0 bridgehead atoms. The van der Waals surface area contributed by atoms with E-state index in [2.05, 4.69) is 5.32 Å². The SMILES string of the molecule is CCCNC(=O)[C@@H]1CN(C(=O)c2ccc(OCC)c(OC)c2)c2ccccc2O1. The van der Waals surface area contributed by atoms with Crippen molar-refractivity contribution in [2.24, 2.45) is 0 Å². The lowest BCUT2D eigenvalue weighted by Crippen LogP contribution is -2.50. The van der Waals surface area contributed by atoms with Crippen molar-refractivity contribution in [1.29, 1.82) is 0 Å². The molecule has 7 nitrogen and oxygen atoms in total. The van der Waals surface area contributed by atoms with Crippen LogP contribution in [-0.2, 0) is 4.79 Å². The zero-order valence-corrected chi connectivity index (χ0v) is 16.9. The van der Waals surface area contributed by atoms with Gasteiger partial charge < -0.3 is 24.4 Å². The average molecular weight is 398 g/mol. The molecule has 0 saturated carbocycles. The predicted molar refractivity (Wildman–Crippen MR) is 110 cm³/mol. The van der Waals surface area contributed by atoms with Crippen molar-refractivity contribution in [3.05, 3.63) is 48.0 Å². The molecule has 2 amide bonds. The van der Waals surface area contributed by atoms with Crippen LogP contribution in [0.2, 0.25) is 0 Å². The second kappa shape index (κ2) is 9.32. The number of nitrogens with one attached hydrogen (secondary N) is 1. The predicted octanol–water partition coefficient (Wildman–Crippen LogP) is 3.03. The molecule has 154 valence electrons. The first-order valence-corrected chi connectivity index (χ1v) is 9.75. The van der Waals surface area contributed by atoms with Crippen molar-refractivity contribution in [3.63, 3.8) is 0 Å². The van der Waals surface area contributed by atoms with Gasteiger partial charge in [0, 0.05) is 12.1 Å². The minimum Gasteiger partial charge on any atom is -0.493 e. The van der Waals surface area contributed by atoms with E-state index in [1.807, 2.05) is 26.0 Å². The number of methoxy groups -OCH3 is 1. The molecule has 7 heteroatoms. The molecule has 1 N–H and O–H groups in total. The topological polar surface area (TPSA) is 77.1 Å². The number of fused-ring (bicyclic) bond motifs is 1. The first-order valence-electron chi connectivity index (χ1n) is 9.75. The van der Waals surface area contributed by atoms with E-state index in [-0.39, 0.29) is 18.4 Å². The van der Waals surface area contributed by atoms with E-state index in [1.54, 1.807) is 35.2 Å². The quantitative estimate of drug-likeness (QED) is 0.776. The van der Waals surface area contributed by atoms with E-state index in [4.69, 9.17) is 14.2 Å². The fourth-order valence-corrected chi connectivity index (χ4v) is 3.16. The summed E-state index contributed by atoms with van der Waals surface area (Å²) in [5.41, 5.74) is 1.07. The normalized spacial score (nSPS) is 15.1. The standard InChI is InChI=1S/C22H26N2O5/c1-4-12-23-21(25)20-14-24(16-8-6-7-9-17(16)29-20)22(26)15-10-11-18(28-5-2)19(13-15)27-3/h6-11,13,20H,4-5,12,14H2,1-3H3,(H,23,25)/t20-/m0/s1. The molecular weight excluding hydrogens is 372 g/mol. The lowest BCUT2D eigenvalue weighted by atomic mass is 10.1. The van der Waals surface area contributed by atoms with Crippen LogP contribution in [0.25, 0.3) is 0 Å². The molecule has 2 aromatic carbocycles. The molecule has 2 aromatic rings. The number of amides is 2. The fourth-order valence-electron chi connectivity index (χ4n) is 3.16. The van der Waals surface area contributed by atoms with E-state index in [0.29, 0.717) is 41.7 Å².